The van der Waals surface area contributed by atoms with E-state index in [4.69, 9.17) is 61.6 Å². The van der Waals surface area contributed by atoms with E-state index in [9.17, 15) is 14.0 Å². The van der Waals surface area contributed by atoms with Crippen LogP contribution < -0.4 is 5.73 Å². The molecule has 2 aromatic heterocycles. The van der Waals surface area contributed by atoms with Crippen molar-refractivity contribution < 1.29 is 27.8 Å². The second-order valence-corrected chi connectivity index (χ2v) is 11.3. The number of rotatable bonds is 9. The number of aliphatic imine (C=N–C) groups is 1. The molecule has 0 fully saturated rings. The molecular weight excluding hydrogens is 708 g/mol. The van der Waals surface area contributed by atoms with Crippen LogP contribution in [-0.4, -0.2) is 41.0 Å². The lowest BCUT2D eigenvalue weighted by Gasteiger charge is -2.20. The lowest BCUT2D eigenvalue weighted by Crippen LogP contribution is -2.13. The van der Waals surface area contributed by atoms with Gasteiger partial charge in [0.1, 0.15) is 28.5 Å². The van der Waals surface area contributed by atoms with Crippen LogP contribution in [0.3, 0.4) is 0 Å². The van der Waals surface area contributed by atoms with Crippen LogP contribution in [0.2, 0.25) is 20.1 Å². The molecule has 0 aliphatic heterocycles. The number of hydrogen-bond donors (Lipinski definition) is 1. The Morgan fingerprint density at radius 3 is 1.77 bits per heavy atom. The summed E-state index contributed by atoms with van der Waals surface area (Å²) < 4.78 is 40.7. The third-order valence-corrected chi connectivity index (χ3v) is 7.78. The SMILES string of the molecule is CCOC(OCC)c1nc(-c2ccc(Cl)cc2)c(F)c(N=C2C=CC(=O)C=C2)c1Cl.Nc1c(F)c(-c2ccc(Cl)cc2)nc(C=O)c1Cl. The Balaban J connectivity index is 0.000000246. The van der Waals surface area contributed by atoms with Gasteiger partial charge in [-0.1, -0.05) is 70.7 Å². The molecule has 0 spiro atoms. The van der Waals surface area contributed by atoms with E-state index >= 15 is 4.39 Å². The zero-order valence-corrected chi connectivity index (χ0v) is 28.3. The molecule has 0 radical (unpaired) electrons. The highest BCUT2D eigenvalue weighted by Gasteiger charge is 2.26. The molecule has 248 valence electrons. The van der Waals surface area contributed by atoms with Crippen LogP contribution >= 0.6 is 46.4 Å². The first-order chi connectivity index (χ1) is 23.0. The number of nitrogen functional groups attached to an aromatic ring is 1. The van der Waals surface area contributed by atoms with Gasteiger partial charge in [-0.3, -0.25) is 9.59 Å². The van der Waals surface area contributed by atoms with Crippen molar-refractivity contribution in [2.45, 2.75) is 20.1 Å². The number of anilines is 1. The molecular formula is C34H26Cl4F2N4O4. The van der Waals surface area contributed by atoms with Gasteiger partial charge < -0.3 is 15.2 Å². The molecule has 4 aromatic rings. The van der Waals surface area contributed by atoms with Crippen LogP contribution in [0.1, 0.15) is 36.3 Å². The number of nitrogens with zero attached hydrogens (tertiary/aromatic N) is 3. The predicted molar refractivity (Wildman–Crippen MR) is 185 cm³/mol. The van der Waals surface area contributed by atoms with Crippen molar-refractivity contribution in [2.75, 3.05) is 18.9 Å². The molecule has 48 heavy (non-hydrogen) atoms. The lowest BCUT2D eigenvalue weighted by atomic mass is 10.1. The average molecular weight is 734 g/mol. The second-order valence-electron chi connectivity index (χ2n) is 9.69. The van der Waals surface area contributed by atoms with Gasteiger partial charge in [0.05, 0.1) is 21.4 Å². The quantitative estimate of drug-likeness (QED) is 0.103. The van der Waals surface area contributed by atoms with E-state index in [0.717, 1.165) is 0 Å². The first-order valence-electron chi connectivity index (χ1n) is 14.2. The minimum Gasteiger partial charge on any atom is -0.395 e. The van der Waals surface area contributed by atoms with Gasteiger partial charge in [-0.05, 0) is 62.4 Å². The zero-order valence-electron chi connectivity index (χ0n) is 25.3. The van der Waals surface area contributed by atoms with E-state index in [1.165, 1.54) is 24.3 Å². The summed E-state index contributed by atoms with van der Waals surface area (Å²) in [6, 6.07) is 12.9. The Hall–Kier alpha value is -4.03. The first-order valence-corrected chi connectivity index (χ1v) is 15.7. The number of aromatic nitrogens is 2. The van der Waals surface area contributed by atoms with Crippen molar-refractivity contribution in [1.29, 1.82) is 0 Å². The predicted octanol–water partition coefficient (Wildman–Crippen LogP) is 9.62. The molecule has 14 heteroatoms. The van der Waals surface area contributed by atoms with Crippen molar-refractivity contribution in [3.63, 3.8) is 0 Å². The molecule has 2 aromatic carbocycles. The Bertz CT molecular complexity index is 1890. The maximum atomic E-state index is 15.5. The molecule has 0 bridgehead atoms. The van der Waals surface area contributed by atoms with Gasteiger partial charge in [-0.2, -0.15) is 0 Å². The number of ether oxygens (including phenoxy) is 2. The van der Waals surface area contributed by atoms with Crippen molar-refractivity contribution in [3.05, 3.63) is 116 Å². The molecule has 0 saturated heterocycles. The lowest BCUT2D eigenvalue weighted by molar-refractivity contribution is -0.142. The topological polar surface area (TPSA) is 117 Å². The third kappa shape index (κ3) is 8.70. The molecule has 1 aliphatic carbocycles. The summed E-state index contributed by atoms with van der Waals surface area (Å²) in [7, 11) is 0. The van der Waals surface area contributed by atoms with E-state index in [1.807, 2.05) is 0 Å². The molecule has 0 atom stereocenters. The monoisotopic (exact) mass is 732 g/mol. The normalized spacial score (nSPS) is 12.3. The largest absolute Gasteiger partial charge is 0.395 e. The van der Waals surface area contributed by atoms with E-state index in [0.29, 0.717) is 46.4 Å². The Morgan fingerprint density at radius 2 is 1.29 bits per heavy atom. The minimum absolute atomic E-state index is 0.0247. The van der Waals surface area contributed by atoms with E-state index in [1.54, 1.807) is 62.4 Å². The second kappa shape index (κ2) is 16.9. The Morgan fingerprint density at radius 1 is 0.792 bits per heavy atom. The van der Waals surface area contributed by atoms with Gasteiger partial charge in [0, 0.05) is 34.4 Å². The summed E-state index contributed by atoms with van der Waals surface area (Å²) in [5, 5.41) is 0.817. The maximum Gasteiger partial charge on any atom is 0.202 e. The van der Waals surface area contributed by atoms with Crippen molar-refractivity contribution in [1.82, 2.24) is 9.97 Å². The van der Waals surface area contributed by atoms with Crippen LogP contribution in [0, 0.1) is 11.6 Å². The van der Waals surface area contributed by atoms with Gasteiger partial charge in [0.25, 0.3) is 0 Å². The van der Waals surface area contributed by atoms with E-state index < -0.39 is 17.9 Å². The first kappa shape index (κ1) is 36.8. The molecule has 8 nitrogen and oxygen atoms in total. The number of carbonyl (C=O) groups excluding carboxylic acids is 2. The summed E-state index contributed by atoms with van der Waals surface area (Å²) in [6.07, 6.45) is 5.20. The summed E-state index contributed by atoms with van der Waals surface area (Å²) in [5.74, 6) is -1.64. The van der Waals surface area contributed by atoms with Gasteiger partial charge in [0.2, 0.25) is 6.29 Å². The third-order valence-electron chi connectivity index (χ3n) is 6.50. The molecule has 0 amide bonds. The number of pyridine rings is 2. The summed E-state index contributed by atoms with van der Waals surface area (Å²) in [5.41, 5.74) is 6.54. The van der Waals surface area contributed by atoms with Crippen molar-refractivity contribution in [3.8, 4) is 22.5 Å². The highest BCUT2D eigenvalue weighted by atomic mass is 35.5. The number of ketones is 1. The average Bonchev–Trinajstić information content (AvgIpc) is 3.08. The van der Waals surface area contributed by atoms with Crippen LogP contribution in [0.5, 0.6) is 0 Å². The van der Waals surface area contributed by atoms with Gasteiger partial charge in [-0.15, -0.1) is 0 Å². The summed E-state index contributed by atoms with van der Waals surface area (Å²) >= 11 is 23.9. The number of benzene rings is 2. The van der Waals surface area contributed by atoms with Gasteiger partial charge in [0.15, 0.2) is 23.7 Å². The fourth-order valence-corrected chi connectivity index (χ4v) is 4.90. The van der Waals surface area contributed by atoms with Gasteiger partial charge >= 0.3 is 0 Å². The zero-order chi connectivity index (χ0) is 35.0. The summed E-state index contributed by atoms with van der Waals surface area (Å²) in [4.78, 5) is 34.7. The fraction of sp³-hybridized carbons (Fsp3) is 0.147. The highest BCUT2D eigenvalue weighted by molar-refractivity contribution is 6.35. The smallest absolute Gasteiger partial charge is 0.202 e. The van der Waals surface area contributed by atoms with Gasteiger partial charge in [-0.25, -0.2) is 23.7 Å². The molecule has 1 aliphatic rings. The standard InChI is InChI=1S/C22H19Cl2FN2O3.C12H7Cl2FN2O/c1-3-29-22(30-4-2)21-17(24)20(26-15-9-11-16(28)12-10-15)18(25)19(27-21)13-5-7-14(23)8-6-13;13-7-3-1-6(2-4-7)12-10(15)11(16)9(14)8(5-18)17-12/h5-12,22H,3-4H2,1-2H3;1-5H,(H2,16,17). The van der Waals surface area contributed by atoms with Crippen LogP contribution in [0.25, 0.3) is 22.5 Å². The molecule has 0 unspecified atom stereocenters. The fourth-order valence-electron chi connectivity index (χ4n) is 4.22. The van der Waals surface area contributed by atoms with Crippen molar-refractivity contribution in [2.24, 2.45) is 4.99 Å². The Kier molecular flexibility index (Phi) is 12.9. The van der Waals surface area contributed by atoms with Crippen LogP contribution in [0.15, 0.2) is 77.8 Å². The minimum atomic E-state index is -0.892. The maximum absolute atomic E-state index is 15.5. The molecule has 0 saturated carbocycles. The highest BCUT2D eigenvalue weighted by Crippen LogP contribution is 2.40. The van der Waals surface area contributed by atoms with E-state index in [2.05, 4.69) is 15.0 Å². The summed E-state index contributed by atoms with van der Waals surface area (Å²) in [6.45, 7) is 4.29. The van der Waals surface area contributed by atoms with E-state index in [-0.39, 0.29) is 50.0 Å². The number of hydrogen-bond acceptors (Lipinski definition) is 8. The number of aldehydes is 1. The molecule has 2 heterocycles. The number of nitrogens with two attached hydrogens (primary N) is 1. The number of allylic oxidation sites excluding steroid dienone is 4. The number of halogens is 6. The Labute approximate surface area is 294 Å². The van der Waals surface area contributed by atoms with Crippen molar-refractivity contribution >= 4 is 75.6 Å². The molecule has 2 N–H and O–H groups in total. The van der Waals surface area contributed by atoms with Crippen LogP contribution in [0.4, 0.5) is 20.2 Å². The molecule has 5 rings (SSSR count). The number of carbonyl (C=O) groups is 2. The van der Waals surface area contributed by atoms with Crippen LogP contribution in [-0.2, 0) is 14.3 Å².